The highest BCUT2D eigenvalue weighted by atomic mass is 32.1. The second-order valence-corrected chi connectivity index (χ2v) is 10.7. The fourth-order valence-corrected chi connectivity index (χ4v) is 5.32. The maximum atomic E-state index is 13.5. The van der Waals surface area contributed by atoms with Crippen LogP contribution in [0.2, 0.25) is 0 Å². The Labute approximate surface area is 203 Å². The number of carbonyl (C=O) groups is 1. The quantitative estimate of drug-likeness (QED) is 0.501. The van der Waals surface area contributed by atoms with Gasteiger partial charge in [-0.2, -0.15) is 0 Å². The van der Waals surface area contributed by atoms with Gasteiger partial charge in [-0.15, -0.1) is 11.3 Å². The molecule has 1 aromatic carbocycles. The van der Waals surface area contributed by atoms with Gasteiger partial charge in [-0.05, 0) is 74.2 Å². The summed E-state index contributed by atoms with van der Waals surface area (Å²) in [7, 11) is 0. The van der Waals surface area contributed by atoms with E-state index in [1.54, 1.807) is 11.3 Å². The Kier molecular flexibility index (Phi) is 9.36. The summed E-state index contributed by atoms with van der Waals surface area (Å²) in [5, 5.41) is 12.4. The van der Waals surface area contributed by atoms with Crippen molar-refractivity contribution in [2.24, 2.45) is 5.92 Å². The number of aliphatic hydroxyl groups excluding tert-OH is 1. The molecule has 0 saturated heterocycles. The minimum Gasteiger partial charge on any atom is -0.491 e. The Bertz CT molecular complexity index is 911. The fourth-order valence-electron chi connectivity index (χ4n) is 4.39. The van der Waals surface area contributed by atoms with E-state index in [-0.39, 0.29) is 11.9 Å². The number of nitrogens with zero attached hydrogens (tertiary/aromatic N) is 2. The van der Waals surface area contributed by atoms with Gasteiger partial charge in [-0.3, -0.25) is 9.69 Å². The van der Waals surface area contributed by atoms with Crippen molar-refractivity contribution in [2.45, 2.75) is 66.0 Å². The van der Waals surface area contributed by atoms with Crippen LogP contribution in [0.25, 0.3) is 0 Å². The number of amides is 1. The number of benzene rings is 1. The zero-order chi connectivity index (χ0) is 24.0. The molecule has 1 aliphatic heterocycles. The predicted octanol–water partition coefficient (Wildman–Crippen LogP) is 4.99. The normalized spacial score (nSPS) is 16.8. The Morgan fingerprint density at radius 2 is 2.09 bits per heavy atom. The summed E-state index contributed by atoms with van der Waals surface area (Å²) in [5.74, 6) is 1.55. The molecule has 2 heterocycles. The van der Waals surface area contributed by atoms with Crippen LogP contribution in [0, 0.1) is 19.8 Å². The van der Waals surface area contributed by atoms with E-state index in [1.165, 1.54) is 16.0 Å². The highest BCUT2D eigenvalue weighted by molar-refractivity contribution is 7.10. The Hall–Kier alpha value is -1.89. The molecule has 1 aliphatic rings. The number of fused-ring (bicyclic) bond motifs is 1. The first-order chi connectivity index (χ1) is 15.8. The molecule has 2 atom stereocenters. The van der Waals surface area contributed by atoms with Crippen LogP contribution in [-0.2, 0) is 11.2 Å². The van der Waals surface area contributed by atoms with Gasteiger partial charge in [0.05, 0.1) is 18.7 Å². The highest BCUT2D eigenvalue weighted by Crippen LogP contribution is 2.34. The molecule has 0 spiro atoms. The van der Waals surface area contributed by atoms with Crippen LogP contribution in [0.15, 0.2) is 29.6 Å². The molecule has 0 saturated carbocycles. The minimum atomic E-state index is -0.404. The average molecular weight is 473 g/mol. The van der Waals surface area contributed by atoms with Gasteiger partial charge in [0.25, 0.3) is 0 Å². The van der Waals surface area contributed by atoms with Crippen molar-refractivity contribution in [1.29, 1.82) is 0 Å². The van der Waals surface area contributed by atoms with E-state index in [0.29, 0.717) is 38.6 Å². The standard InChI is InChI=1S/C27H40N2O3S/c1-6-22(30)16-28(12-9-19(2)3)17-27(31)29-13-10-26-23(11-14-33-26)24(29)18-32-25-8-7-20(4)15-21(25)5/h7-8,11,14-15,19,22,24,30H,6,9-10,12-13,16-18H2,1-5H3/t22-,24-/m1/s1. The summed E-state index contributed by atoms with van der Waals surface area (Å²) in [5.41, 5.74) is 3.54. The maximum Gasteiger partial charge on any atom is 0.237 e. The van der Waals surface area contributed by atoms with E-state index < -0.39 is 6.10 Å². The zero-order valence-corrected chi connectivity index (χ0v) is 21.7. The SMILES string of the molecule is CC[C@@H](O)CN(CCC(C)C)CC(=O)N1CCc2sccc2[C@H]1COc1ccc(C)cc1C. The van der Waals surface area contributed by atoms with Crippen molar-refractivity contribution in [3.05, 3.63) is 51.2 Å². The number of ether oxygens (including phenoxy) is 1. The molecule has 0 fully saturated rings. The van der Waals surface area contributed by atoms with Crippen molar-refractivity contribution in [3.8, 4) is 5.75 Å². The minimum absolute atomic E-state index is 0.0868. The van der Waals surface area contributed by atoms with E-state index in [2.05, 4.69) is 56.2 Å². The van der Waals surface area contributed by atoms with E-state index in [9.17, 15) is 9.90 Å². The summed E-state index contributed by atoms with van der Waals surface area (Å²) in [4.78, 5) is 19.0. The van der Waals surface area contributed by atoms with Crippen molar-refractivity contribution in [1.82, 2.24) is 9.80 Å². The van der Waals surface area contributed by atoms with Gasteiger partial charge >= 0.3 is 0 Å². The smallest absolute Gasteiger partial charge is 0.237 e. The van der Waals surface area contributed by atoms with Crippen LogP contribution in [0.3, 0.4) is 0 Å². The fraction of sp³-hybridized carbons (Fsp3) is 0.593. The lowest BCUT2D eigenvalue weighted by Gasteiger charge is -2.37. The molecule has 5 nitrogen and oxygen atoms in total. The summed E-state index contributed by atoms with van der Waals surface area (Å²) in [6.07, 6.45) is 2.19. The first kappa shape index (κ1) is 25.7. The van der Waals surface area contributed by atoms with E-state index >= 15 is 0 Å². The van der Waals surface area contributed by atoms with Crippen molar-refractivity contribution in [2.75, 3.05) is 32.8 Å². The molecule has 0 bridgehead atoms. The van der Waals surface area contributed by atoms with Crippen molar-refractivity contribution >= 4 is 17.2 Å². The van der Waals surface area contributed by atoms with Gasteiger partial charge in [0.15, 0.2) is 0 Å². The van der Waals surface area contributed by atoms with Gasteiger partial charge in [-0.25, -0.2) is 0 Å². The number of rotatable bonds is 11. The molecule has 1 aromatic heterocycles. The summed E-state index contributed by atoms with van der Waals surface area (Å²) >= 11 is 1.77. The van der Waals surface area contributed by atoms with E-state index in [0.717, 1.165) is 30.7 Å². The monoisotopic (exact) mass is 472 g/mol. The predicted molar refractivity (Wildman–Crippen MR) is 136 cm³/mol. The molecule has 1 N–H and O–H groups in total. The number of thiophene rings is 1. The Morgan fingerprint density at radius 3 is 2.79 bits per heavy atom. The second-order valence-electron chi connectivity index (χ2n) is 9.71. The van der Waals surface area contributed by atoms with Crippen molar-refractivity contribution < 1.29 is 14.6 Å². The topological polar surface area (TPSA) is 53.0 Å². The molecule has 3 rings (SSSR count). The summed E-state index contributed by atoms with van der Waals surface area (Å²) in [6.45, 7) is 13.4. The van der Waals surface area contributed by atoms with Crippen LogP contribution >= 0.6 is 11.3 Å². The lowest BCUT2D eigenvalue weighted by Crippen LogP contribution is -2.48. The lowest BCUT2D eigenvalue weighted by atomic mass is 10.00. The lowest BCUT2D eigenvalue weighted by molar-refractivity contribution is -0.136. The van der Waals surface area contributed by atoms with Crippen LogP contribution in [-0.4, -0.2) is 59.7 Å². The number of aryl methyl sites for hydroxylation is 2. The molecule has 182 valence electrons. The van der Waals surface area contributed by atoms with Crippen LogP contribution in [0.5, 0.6) is 5.75 Å². The van der Waals surface area contributed by atoms with Gasteiger partial charge < -0.3 is 14.7 Å². The molecule has 2 aromatic rings. The second kappa shape index (κ2) is 12.0. The average Bonchev–Trinajstić information content (AvgIpc) is 3.25. The van der Waals surface area contributed by atoms with Gasteiger partial charge in [0.1, 0.15) is 12.4 Å². The van der Waals surface area contributed by atoms with Crippen molar-refractivity contribution in [3.63, 3.8) is 0 Å². The molecular formula is C27H40N2O3S. The molecule has 33 heavy (non-hydrogen) atoms. The summed E-state index contributed by atoms with van der Waals surface area (Å²) < 4.78 is 6.26. The molecular weight excluding hydrogens is 432 g/mol. The third-order valence-electron chi connectivity index (χ3n) is 6.46. The van der Waals surface area contributed by atoms with Crippen LogP contribution < -0.4 is 4.74 Å². The zero-order valence-electron chi connectivity index (χ0n) is 20.8. The van der Waals surface area contributed by atoms with E-state index in [4.69, 9.17) is 4.74 Å². The molecule has 0 unspecified atom stereocenters. The van der Waals surface area contributed by atoms with Crippen LogP contribution in [0.1, 0.15) is 61.2 Å². The molecule has 0 radical (unpaired) electrons. The highest BCUT2D eigenvalue weighted by Gasteiger charge is 2.33. The maximum absolute atomic E-state index is 13.5. The Morgan fingerprint density at radius 1 is 1.30 bits per heavy atom. The first-order valence-corrected chi connectivity index (χ1v) is 13.1. The third kappa shape index (κ3) is 7.05. The number of carbonyl (C=O) groups excluding carboxylic acids is 1. The number of hydrogen-bond acceptors (Lipinski definition) is 5. The number of hydrogen-bond donors (Lipinski definition) is 1. The first-order valence-electron chi connectivity index (χ1n) is 12.2. The van der Waals surface area contributed by atoms with Gasteiger partial charge in [0, 0.05) is 18.0 Å². The van der Waals surface area contributed by atoms with Gasteiger partial charge in [-0.1, -0.05) is 38.5 Å². The molecule has 6 heteroatoms. The largest absolute Gasteiger partial charge is 0.491 e. The van der Waals surface area contributed by atoms with Crippen LogP contribution in [0.4, 0.5) is 0 Å². The third-order valence-corrected chi connectivity index (χ3v) is 7.46. The molecule has 1 amide bonds. The summed E-state index contributed by atoms with van der Waals surface area (Å²) in [6, 6.07) is 8.27. The Balaban J connectivity index is 1.74. The van der Waals surface area contributed by atoms with E-state index in [1.807, 2.05) is 17.9 Å². The number of aliphatic hydroxyl groups is 1. The van der Waals surface area contributed by atoms with Gasteiger partial charge in [0.2, 0.25) is 5.91 Å². The molecule has 0 aliphatic carbocycles.